The van der Waals surface area contributed by atoms with Gasteiger partial charge in [-0.25, -0.2) is 0 Å². The molecule has 1 atom stereocenters. The average molecular weight is 351 g/mol. The van der Waals surface area contributed by atoms with Gasteiger partial charge < -0.3 is 10.6 Å². The maximum atomic E-state index is 12.7. The number of amides is 1. The molecule has 1 aromatic heterocycles. The molecule has 1 unspecified atom stereocenters. The zero-order valence-corrected chi connectivity index (χ0v) is 13.5. The van der Waals surface area contributed by atoms with E-state index in [0.717, 1.165) is 17.4 Å². The summed E-state index contributed by atoms with van der Waals surface area (Å²) in [6, 6.07) is 7.64. The molecular weight excluding hydrogens is 336 g/mol. The van der Waals surface area contributed by atoms with E-state index >= 15 is 0 Å². The molecule has 0 saturated heterocycles. The summed E-state index contributed by atoms with van der Waals surface area (Å²) in [5, 5.41) is 2.10. The number of nitrogens with two attached hydrogens (primary N) is 1. The Morgan fingerprint density at radius 3 is 3.00 bits per heavy atom. The predicted octanol–water partition coefficient (Wildman–Crippen LogP) is 3.85. The fourth-order valence-corrected chi connectivity index (χ4v) is 3.84. The van der Waals surface area contributed by atoms with Crippen molar-refractivity contribution < 1.29 is 4.79 Å². The van der Waals surface area contributed by atoms with Crippen molar-refractivity contribution in [3.8, 4) is 0 Å². The van der Waals surface area contributed by atoms with E-state index in [9.17, 15) is 4.79 Å². The van der Waals surface area contributed by atoms with Crippen LogP contribution >= 0.6 is 27.3 Å². The van der Waals surface area contributed by atoms with Crippen LogP contribution in [0.2, 0.25) is 0 Å². The molecule has 104 valence electrons. The molecule has 2 N–H and O–H groups in total. The summed E-state index contributed by atoms with van der Waals surface area (Å²) in [5.74, 6) is 0.0496. The molecule has 3 rings (SSSR count). The van der Waals surface area contributed by atoms with Gasteiger partial charge in [-0.05, 0) is 64.5 Å². The molecular formula is C15H15BrN2OS. The Hall–Kier alpha value is -1.33. The van der Waals surface area contributed by atoms with Crippen LogP contribution in [-0.2, 0) is 6.42 Å². The van der Waals surface area contributed by atoms with E-state index in [0.29, 0.717) is 11.3 Å². The molecule has 1 amide bonds. The van der Waals surface area contributed by atoms with Crippen LogP contribution in [0.3, 0.4) is 0 Å². The standard InChI is InChI=1S/C15H15BrN2OS/c1-9-11-5-7-20-14(11)4-6-18(9)15(19)10-2-3-12(16)13(17)8-10/h2-3,5,7-9H,4,6,17H2,1H3. The summed E-state index contributed by atoms with van der Waals surface area (Å²) in [6.07, 6.45) is 0.940. The molecule has 1 aliphatic rings. The first-order valence-corrected chi connectivity index (χ1v) is 8.17. The lowest BCUT2D eigenvalue weighted by Gasteiger charge is -2.33. The van der Waals surface area contributed by atoms with Gasteiger partial charge in [-0.15, -0.1) is 11.3 Å². The minimum Gasteiger partial charge on any atom is -0.398 e. The highest BCUT2D eigenvalue weighted by molar-refractivity contribution is 9.10. The van der Waals surface area contributed by atoms with E-state index in [2.05, 4.69) is 34.3 Å². The van der Waals surface area contributed by atoms with Crippen molar-refractivity contribution in [2.24, 2.45) is 0 Å². The first-order chi connectivity index (χ1) is 9.58. The molecule has 20 heavy (non-hydrogen) atoms. The maximum absolute atomic E-state index is 12.7. The number of nitrogen functional groups attached to an aromatic ring is 1. The van der Waals surface area contributed by atoms with Crippen molar-refractivity contribution >= 4 is 38.9 Å². The molecule has 0 aliphatic carbocycles. The predicted molar refractivity (Wildman–Crippen MR) is 86.0 cm³/mol. The van der Waals surface area contributed by atoms with Crippen molar-refractivity contribution in [2.75, 3.05) is 12.3 Å². The van der Waals surface area contributed by atoms with E-state index in [1.165, 1.54) is 10.4 Å². The van der Waals surface area contributed by atoms with Gasteiger partial charge in [0, 0.05) is 27.1 Å². The Morgan fingerprint density at radius 2 is 2.25 bits per heavy atom. The van der Waals surface area contributed by atoms with Gasteiger partial charge in [0.15, 0.2) is 0 Å². The summed E-state index contributed by atoms with van der Waals surface area (Å²) in [4.78, 5) is 16.0. The Bertz CT molecular complexity index is 668. The van der Waals surface area contributed by atoms with Gasteiger partial charge in [-0.3, -0.25) is 4.79 Å². The quantitative estimate of drug-likeness (QED) is 0.794. The number of carbonyl (C=O) groups is 1. The number of hydrogen-bond acceptors (Lipinski definition) is 3. The van der Waals surface area contributed by atoms with Gasteiger partial charge in [-0.2, -0.15) is 0 Å². The van der Waals surface area contributed by atoms with Crippen molar-refractivity contribution in [2.45, 2.75) is 19.4 Å². The SMILES string of the molecule is CC1c2ccsc2CCN1C(=O)c1ccc(Br)c(N)c1. The Balaban J connectivity index is 1.90. The fraction of sp³-hybridized carbons (Fsp3) is 0.267. The largest absolute Gasteiger partial charge is 0.398 e. The zero-order valence-electron chi connectivity index (χ0n) is 11.1. The average Bonchev–Trinajstić information content (AvgIpc) is 2.91. The van der Waals surface area contributed by atoms with E-state index in [1.54, 1.807) is 17.4 Å². The molecule has 2 heterocycles. The third kappa shape index (κ3) is 2.25. The summed E-state index contributed by atoms with van der Waals surface area (Å²) >= 11 is 5.13. The highest BCUT2D eigenvalue weighted by atomic mass is 79.9. The molecule has 0 spiro atoms. The van der Waals surface area contributed by atoms with Crippen molar-refractivity contribution in [3.63, 3.8) is 0 Å². The Labute approximate surface area is 130 Å². The van der Waals surface area contributed by atoms with Crippen molar-refractivity contribution in [1.29, 1.82) is 0 Å². The zero-order chi connectivity index (χ0) is 14.3. The molecule has 0 bridgehead atoms. The van der Waals surface area contributed by atoms with Crippen LogP contribution in [0.1, 0.15) is 33.8 Å². The van der Waals surface area contributed by atoms with Gasteiger partial charge in [0.05, 0.1) is 6.04 Å². The monoisotopic (exact) mass is 350 g/mol. The number of carbonyl (C=O) groups excluding carboxylic acids is 1. The molecule has 1 aromatic carbocycles. The molecule has 0 saturated carbocycles. The Morgan fingerprint density at radius 1 is 1.45 bits per heavy atom. The van der Waals surface area contributed by atoms with Crippen LogP contribution < -0.4 is 5.73 Å². The van der Waals surface area contributed by atoms with Crippen LogP contribution in [0.4, 0.5) is 5.69 Å². The topological polar surface area (TPSA) is 46.3 Å². The number of rotatable bonds is 1. The van der Waals surface area contributed by atoms with Gasteiger partial charge in [-0.1, -0.05) is 0 Å². The number of fused-ring (bicyclic) bond motifs is 1. The number of hydrogen-bond donors (Lipinski definition) is 1. The first kappa shape index (κ1) is 13.6. The summed E-state index contributed by atoms with van der Waals surface area (Å²) in [6.45, 7) is 2.86. The molecule has 0 fully saturated rings. The second-order valence-corrected chi connectivity index (χ2v) is 6.81. The number of anilines is 1. The minimum absolute atomic E-state index is 0.0496. The van der Waals surface area contributed by atoms with E-state index in [4.69, 9.17) is 5.73 Å². The molecule has 0 radical (unpaired) electrons. The van der Waals surface area contributed by atoms with Crippen LogP contribution in [0.5, 0.6) is 0 Å². The normalized spacial score (nSPS) is 17.9. The highest BCUT2D eigenvalue weighted by Gasteiger charge is 2.29. The molecule has 3 nitrogen and oxygen atoms in total. The van der Waals surface area contributed by atoms with Crippen molar-refractivity contribution in [1.82, 2.24) is 4.90 Å². The number of benzene rings is 1. The second-order valence-electron chi connectivity index (χ2n) is 4.96. The smallest absolute Gasteiger partial charge is 0.254 e. The van der Waals surface area contributed by atoms with Crippen LogP contribution in [0.25, 0.3) is 0 Å². The van der Waals surface area contributed by atoms with Gasteiger partial charge in [0.25, 0.3) is 5.91 Å². The Kier molecular flexibility index (Phi) is 3.56. The molecule has 1 aliphatic heterocycles. The summed E-state index contributed by atoms with van der Waals surface area (Å²) in [5.41, 5.74) is 8.39. The van der Waals surface area contributed by atoms with Gasteiger partial charge >= 0.3 is 0 Å². The van der Waals surface area contributed by atoms with E-state index < -0.39 is 0 Å². The second kappa shape index (κ2) is 5.22. The lowest BCUT2D eigenvalue weighted by atomic mass is 10.0. The third-order valence-electron chi connectivity index (χ3n) is 3.78. The van der Waals surface area contributed by atoms with E-state index in [1.807, 2.05) is 17.0 Å². The molecule has 2 aromatic rings. The van der Waals surface area contributed by atoms with Gasteiger partial charge in [0.1, 0.15) is 0 Å². The number of nitrogens with zero attached hydrogens (tertiary/aromatic N) is 1. The molecule has 5 heteroatoms. The van der Waals surface area contributed by atoms with Crippen molar-refractivity contribution in [3.05, 3.63) is 50.1 Å². The van der Waals surface area contributed by atoms with E-state index in [-0.39, 0.29) is 11.9 Å². The number of halogens is 1. The lowest BCUT2D eigenvalue weighted by molar-refractivity contribution is 0.0679. The third-order valence-corrected chi connectivity index (χ3v) is 5.50. The number of thiophene rings is 1. The van der Waals surface area contributed by atoms with Crippen LogP contribution in [0, 0.1) is 0 Å². The van der Waals surface area contributed by atoms with Gasteiger partial charge in [0.2, 0.25) is 0 Å². The maximum Gasteiger partial charge on any atom is 0.254 e. The van der Waals surface area contributed by atoms with Crippen LogP contribution in [-0.4, -0.2) is 17.4 Å². The lowest BCUT2D eigenvalue weighted by Crippen LogP contribution is -2.38. The highest BCUT2D eigenvalue weighted by Crippen LogP contribution is 2.34. The minimum atomic E-state index is 0.0496. The fourth-order valence-electron chi connectivity index (χ4n) is 2.63. The first-order valence-electron chi connectivity index (χ1n) is 6.50. The summed E-state index contributed by atoms with van der Waals surface area (Å²) < 4.78 is 0.820. The van der Waals surface area contributed by atoms with Crippen LogP contribution in [0.15, 0.2) is 34.1 Å². The summed E-state index contributed by atoms with van der Waals surface area (Å²) in [7, 11) is 0.